The summed E-state index contributed by atoms with van der Waals surface area (Å²) in [7, 11) is 0. The Balaban J connectivity index is 1.59. The van der Waals surface area contributed by atoms with Gasteiger partial charge in [0.1, 0.15) is 0 Å². The van der Waals surface area contributed by atoms with Gasteiger partial charge in [-0.05, 0) is 22.8 Å². The molecule has 0 radical (unpaired) electrons. The number of rotatable bonds is 6. The number of carbonyl (C=O) groups is 1. The third kappa shape index (κ3) is 3.76. The third-order valence-electron chi connectivity index (χ3n) is 3.89. The maximum atomic E-state index is 12.1. The number of aromatic amines is 1. The predicted octanol–water partition coefficient (Wildman–Crippen LogP) is 1.79. The molecule has 4 N–H and O–H groups in total. The lowest BCUT2D eigenvalue weighted by atomic mass is 9.99. The number of benzene rings is 2. The van der Waals surface area contributed by atoms with E-state index in [-0.39, 0.29) is 5.91 Å². The highest BCUT2D eigenvalue weighted by molar-refractivity contribution is 5.87. The molecule has 0 bridgehead atoms. The van der Waals surface area contributed by atoms with Crippen LogP contribution in [0.2, 0.25) is 0 Å². The second kappa shape index (κ2) is 7.07. The first-order valence-electron chi connectivity index (χ1n) is 7.71. The van der Waals surface area contributed by atoms with E-state index in [4.69, 9.17) is 5.73 Å². The fraction of sp³-hybridized carbons (Fsp3) is 0.222. The van der Waals surface area contributed by atoms with Gasteiger partial charge in [-0.2, -0.15) is 0 Å². The number of nitrogens with one attached hydrogen (secondary N) is 2. The van der Waals surface area contributed by atoms with Gasteiger partial charge in [-0.25, -0.2) is 4.98 Å². The van der Waals surface area contributed by atoms with Crippen molar-refractivity contribution in [2.24, 2.45) is 5.73 Å². The molecular weight excluding hydrogens is 288 g/mol. The lowest BCUT2D eigenvalue weighted by molar-refractivity contribution is -0.122. The molecule has 5 heteroatoms. The van der Waals surface area contributed by atoms with Crippen molar-refractivity contribution in [1.82, 2.24) is 15.3 Å². The summed E-state index contributed by atoms with van der Waals surface area (Å²) in [4.78, 5) is 19.2. The standard InChI is InChI=1S/C18H20N4O/c19-17(18(23)21-9-8-15-11-20-12-22-15)10-14-6-3-5-13-4-1-2-7-16(13)14/h1-7,11-12,17H,8-10,19H2,(H,20,22)(H,21,23). The van der Waals surface area contributed by atoms with Crippen LogP contribution in [0.4, 0.5) is 0 Å². The smallest absolute Gasteiger partial charge is 0.237 e. The van der Waals surface area contributed by atoms with E-state index in [0.29, 0.717) is 19.4 Å². The van der Waals surface area contributed by atoms with Crippen LogP contribution in [-0.4, -0.2) is 28.5 Å². The van der Waals surface area contributed by atoms with E-state index >= 15 is 0 Å². The third-order valence-corrected chi connectivity index (χ3v) is 3.89. The molecule has 118 valence electrons. The molecule has 0 aliphatic carbocycles. The largest absolute Gasteiger partial charge is 0.354 e. The van der Waals surface area contributed by atoms with Gasteiger partial charge in [-0.15, -0.1) is 0 Å². The normalized spacial score (nSPS) is 12.2. The van der Waals surface area contributed by atoms with Crippen LogP contribution in [0.25, 0.3) is 10.8 Å². The Kier molecular flexibility index (Phi) is 4.68. The van der Waals surface area contributed by atoms with Crippen LogP contribution >= 0.6 is 0 Å². The van der Waals surface area contributed by atoms with Crippen molar-refractivity contribution in [3.05, 3.63) is 66.2 Å². The van der Waals surface area contributed by atoms with Crippen LogP contribution in [-0.2, 0) is 17.6 Å². The molecule has 1 unspecified atom stereocenters. The molecule has 0 fully saturated rings. The van der Waals surface area contributed by atoms with Crippen LogP contribution in [0.15, 0.2) is 55.0 Å². The molecule has 0 aliphatic heterocycles. The monoisotopic (exact) mass is 308 g/mol. The van der Waals surface area contributed by atoms with Crippen molar-refractivity contribution in [1.29, 1.82) is 0 Å². The number of nitrogens with zero attached hydrogens (tertiary/aromatic N) is 1. The molecule has 1 amide bonds. The van der Waals surface area contributed by atoms with Gasteiger partial charge in [0.15, 0.2) is 0 Å². The number of imidazole rings is 1. The Bertz CT molecular complexity index is 777. The van der Waals surface area contributed by atoms with E-state index in [0.717, 1.165) is 22.0 Å². The zero-order valence-corrected chi connectivity index (χ0v) is 12.8. The second-order valence-corrected chi connectivity index (χ2v) is 5.55. The average molecular weight is 308 g/mol. The summed E-state index contributed by atoms with van der Waals surface area (Å²) in [6.07, 6.45) is 4.66. The van der Waals surface area contributed by atoms with Gasteiger partial charge in [0.25, 0.3) is 0 Å². The van der Waals surface area contributed by atoms with Gasteiger partial charge in [0.05, 0.1) is 18.1 Å². The summed E-state index contributed by atoms with van der Waals surface area (Å²) in [5.74, 6) is -0.131. The number of aromatic nitrogens is 2. The fourth-order valence-electron chi connectivity index (χ4n) is 2.67. The van der Waals surface area contributed by atoms with E-state index in [2.05, 4.69) is 33.5 Å². The summed E-state index contributed by atoms with van der Waals surface area (Å²) in [6.45, 7) is 0.535. The van der Waals surface area contributed by atoms with Gasteiger partial charge in [0.2, 0.25) is 5.91 Å². The van der Waals surface area contributed by atoms with Crippen molar-refractivity contribution in [3.63, 3.8) is 0 Å². The Morgan fingerprint density at radius 1 is 1.22 bits per heavy atom. The van der Waals surface area contributed by atoms with Crippen molar-refractivity contribution in [2.45, 2.75) is 18.9 Å². The highest BCUT2D eigenvalue weighted by Gasteiger charge is 2.15. The van der Waals surface area contributed by atoms with Crippen molar-refractivity contribution >= 4 is 16.7 Å². The second-order valence-electron chi connectivity index (χ2n) is 5.55. The van der Waals surface area contributed by atoms with Crippen LogP contribution in [0, 0.1) is 0 Å². The molecule has 1 atom stereocenters. The number of fused-ring (bicyclic) bond motifs is 1. The zero-order valence-electron chi connectivity index (χ0n) is 12.8. The average Bonchev–Trinajstić information content (AvgIpc) is 3.08. The van der Waals surface area contributed by atoms with Gasteiger partial charge < -0.3 is 16.0 Å². The number of hydrogen-bond acceptors (Lipinski definition) is 3. The van der Waals surface area contributed by atoms with Crippen molar-refractivity contribution < 1.29 is 4.79 Å². The maximum Gasteiger partial charge on any atom is 0.237 e. The van der Waals surface area contributed by atoms with Gasteiger partial charge in [0, 0.05) is 19.2 Å². The van der Waals surface area contributed by atoms with E-state index in [1.165, 1.54) is 0 Å². The zero-order chi connectivity index (χ0) is 16.1. The van der Waals surface area contributed by atoms with E-state index in [1.54, 1.807) is 6.33 Å². The summed E-state index contributed by atoms with van der Waals surface area (Å²) in [5, 5.41) is 5.18. The lowest BCUT2D eigenvalue weighted by Crippen LogP contribution is -2.42. The summed E-state index contributed by atoms with van der Waals surface area (Å²) < 4.78 is 0. The van der Waals surface area contributed by atoms with Crippen LogP contribution in [0.5, 0.6) is 0 Å². The highest BCUT2D eigenvalue weighted by Crippen LogP contribution is 2.19. The Hall–Kier alpha value is -2.66. The van der Waals surface area contributed by atoms with E-state index in [9.17, 15) is 4.79 Å². The molecular formula is C18H20N4O. The number of hydrogen-bond donors (Lipinski definition) is 3. The Morgan fingerprint density at radius 3 is 2.87 bits per heavy atom. The van der Waals surface area contributed by atoms with Crippen LogP contribution < -0.4 is 11.1 Å². The molecule has 0 spiro atoms. The molecule has 1 heterocycles. The lowest BCUT2D eigenvalue weighted by Gasteiger charge is -2.13. The number of amides is 1. The molecule has 0 aliphatic rings. The van der Waals surface area contributed by atoms with Gasteiger partial charge >= 0.3 is 0 Å². The summed E-state index contributed by atoms with van der Waals surface area (Å²) >= 11 is 0. The Morgan fingerprint density at radius 2 is 2.04 bits per heavy atom. The minimum absolute atomic E-state index is 0.131. The highest BCUT2D eigenvalue weighted by atomic mass is 16.2. The van der Waals surface area contributed by atoms with Gasteiger partial charge in [-0.3, -0.25) is 4.79 Å². The fourth-order valence-corrected chi connectivity index (χ4v) is 2.67. The first kappa shape index (κ1) is 15.2. The Labute approximate surface area is 134 Å². The molecule has 0 saturated carbocycles. The molecule has 23 heavy (non-hydrogen) atoms. The molecule has 3 aromatic rings. The summed E-state index contributed by atoms with van der Waals surface area (Å²) in [5.41, 5.74) is 8.09. The molecule has 5 nitrogen and oxygen atoms in total. The minimum atomic E-state index is -0.556. The SMILES string of the molecule is NC(Cc1cccc2ccccc12)C(=O)NCCc1c[nH]cn1. The van der Waals surface area contributed by atoms with Crippen LogP contribution in [0.1, 0.15) is 11.3 Å². The topological polar surface area (TPSA) is 83.8 Å². The van der Waals surface area contributed by atoms with E-state index < -0.39 is 6.04 Å². The predicted molar refractivity (Wildman–Crippen MR) is 90.9 cm³/mol. The number of nitrogens with two attached hydrogens (primary N) is 1. The molecule has 0 saturated heterocycles. The van der Waals surface area contributed by atoms with E-state index in [1.807, 2.05) is 30.5 Å². The number of carbonyl (C=O) groups excluding carboxylic acids is 1. The maximum absolute atomic E-state index is 12.1. The quantitative estimate of drug-likeness (QED) is 0.649. The first-order valence-corrected chi connectivity index (χ1v) is 7.71. The van der Waals surface area contributed by atoms with Crippen molar-refractivity contribution in [2.75, 3.05) is 6.54 Å². The summed E-state index contributed by atoms with van der Waals surface area (Å²) in [6, 6.07) is 13.7. The van der Waals surface area contributed by atoms with Gasteiger partial charge in [-0.1, -0.05) is 42.5 Å². The molecule has 1 aromatic heterocycles. The molecule has 2 aromatic carbocycles. The number of H-pyrrole nitrogens is 1. The molecule has 3 rings (SSSR count). The van der Waals surface area contributed by atoms with Crippen LogP contribution in [0.3, 0.4) is 0 Å². The first-order chi connectivity index (χ1) is 11.2. The minimum Gasteiger partial charge on any atom is -0.354 e. The van der Waals surface area contributed by atoms with Crippen molar-refractivity contribution in [3.8, 4) is 0 Å².